The number of benzene rings is 2. The lowest BCUT2D eigenvalue weighted by atomic mass is 9.87. The molecule has 2 unspecified atom stereocenters. The van der Waals surface area contributed by atoms with Gasteiger partial charge in [-0.15, -0.1) is 0 Å². The van der Waals surface area contributed by atoms with Gasteiger partial charge in [0.1, 0.15) is 0 Å². The first-order chi connectivity index (χ1) is 14.7. The number of hydrogen-bond donors (Lipinski definition) is 1. The smallest absolute Gasteiger partial charge is 0.356 e. The average Bonchev–Trinajstić information content (AvgIpc) is 3.19. The summed E-state index contributed by atoms with van der Waals surface area (Å²) in [6.45, 7) is 2.79. The Bertz CT molecular complexity index is 931. The van der Waals surface area contributed by atoms with Crippen LogP contribution in [0.25, 0.3) is 0 Å². The van der Waals surface area contributed by atoms with Crippen LogP contribution in [0.4, 0.5) is 13.2 Å². The summed E-state index contributed by atoms with van der Waals surface area (Å²) in [5.74, 6) is -1.68. The number of nitrogens with zero attached hydrogens (tertiary/aromatic N) is 1. The van der Waals surface area contributed by atoms with Crippen LogP contribution >= 0.6 is 11.6 Å². The fraction of sp³-hybridized carbons (Fsp3) is 0.391. The molecule has 8 heteroatoms. The molecule has 31 heavy (non-hydrogen) atoms. The second-order valence-electron chi connectivity index (χ2n) is 7.70. The van der Waals surface area contributed by atoms with Gasteiger partial charge in [-0.2, -0.15) is 13.2 Å². The molecular weight excluding hydrogens is 429 g/mol. The van der Waals surface area contributed by atoms with Gasteiger partial charge >= 0.3 is 6.18 Å². The quantitative estimate of drug-likeness (QED) is 0.617. The molecule has 0 radical (unpaired) electrons. The third-order valence-electron chi connectivity index (χ3n) is 5.51. The van der Waals surface area contributed by atoms with Gasteiger partial charge in [-0.3, -0.25) is 9.59 Å². The predicted octanol–water partition coefficient (Wildman–Crippen LogP) is 5.13. The van der Waals surface area contributed by atoms with Crippen LogP contribution in [-0.4, -0.2) is 36.3 Å². The molecule has 0 saturated carbocycles. The first-order valence-electron chi connectivity index (χ1n) is 10.2. The molecule has 2 amide bonds. The second kappa shape index (κ2) is 9.73. The molecule has 1 fully saturated rings. The third kappa shape index (κ3) is 5.58. The van der Waals surface area contributed by atoms with Gasteiger partial charge < -0.3 is 10.2 Å². The van der Waals surface area contributed by atoms with E-state index in [-0.39, 0.29) is 24.9 Å². The predicted molar refractivity (Wildman–Crippen MR) is 113 cm³/mol. The van der Waals surface area contributed by atoms with E-state index in [0.29, 0.717) is 22.7 Å². The van der Waals surface area contributed by atoms with Crippen molar-refractivity contribution in [1.82, 2.24) is 10.2 Å². The standard InChI is InChI=1S/C23H24ClF3N2O2/c1-2-3-11-28-21(30)20-14-29(22(31)15-7-9-18(24)10-8-15)13-19(20)16-5-4-6-17(12-16)23(25,26)27/h4-10,12,19-20H,2-3,11,13-14H2,1H3,(H,28,30). The summed E-state index contributed by atoms with van der Waals surface area (Å²) in [5, 5.41) is 3.35. The van der Waals surface area contributed by atoms with E-state index in [1.165, 1.54) is 11.0 Å². The number of carbonyl (C=O) groups excluding carboxylic acids is 2. The molecule has 3 rings (SSSR count). The molecule has 1 saturated heterocycles. The molecular formula is C23H24ClF3N2O2. The number of carbonyl (C=O) groups is 2. The van der Waals surface area contributed by atoms with E-state index < -0.39 is 23.6 Å². The highest BCUT2D eigenvalue weighted by atomic mass is 35.5. The van der Waals surface area contributed by atoms with E-state index in [9.17, 15) is 22.8 Å². The Hall–Kier alpha value is -2.54. The van der Waals surface area contributed by atoms with Crippen molar-refractivity contribution in [3.8, 4) is 0 Å². The maximum absolute atomic E-state index is 13.2. The van der Waals surface area contributed by atoms with Crippen LogP contribution in [0.15, 0.2) is 48.5 Å². The van der Waals surface area contributed by atoms with Crippen molar-refractivity contribution < 1.29 is 22.8 Å². The van der Waals surface area contributed by atoms with Gasteiger partial charge in [0, 0.05) is 36.1 Å². The Kier molecular flexibility index (Phi) is 7.26. The zero-order valence-electron chi connectivity index (χ0n) is 17.1. The van der Waals surface area contributed by atoms with E-state index in [1.807, 2.05) is 6.92 Å². The monoisotopic (exact) mass is 452 g/mol. The molecule has 0 bridgehead atoms. The highest BCUT2D eigenvalue weighted by molar-refractivity contribution is 6.30. The number of nitrogens with one attached hydrogen (secondary N) is 1. The number of likely N-dealkylation sites (tertiary alicyclic amines) is 1. The van der Waals surface area contributed by atoms with Crippen molar-refractivity contribution in [3.63, 3.8) is 0 Å². The highest BCUT2D eigenvalue weighted by Gasteiger charge is 2.41. The van der Waals surface area contributed by atoms with Crippen molar-refractivity contribution in [2.24, 2.45) is 5.92 Å². The van der Waals surface area contributed by atoms with Crippen LogP contribution in [-0.2, 0) is 11.0 Å². The van der Waals surface area contributed by atoms with Gasteiger partial charge in [0.2, 0.25) is 5.91 Å². The molecule has 0 aromatic heterocycles. The van der Waals surface area contributed by atoms with Crippen LogP contribution in [0.5, 0.6) is 0 Å². The van der Waals surface area contributed by atoms with E-state index in [0.717, 1.165) is 25.0 Å². The minimum atomic E-state index is -4.48. The largest absolute Gasteiger partial charge is 0.416 e. The average molecular weight is 453 g/mol. The van der Waals surface area contributed by atoms with Crippen molar-refractivity contribution in [1.29, 1.82) is 0 Å². The van der Waals surface area contributed by atoms with E-state index in [4.69, 9.17) is 11.6 Å². The molecule has 2 atom stereocenters. The van der Waals surface area contributed by atoms with Crippen LogP contribution in [0.1, 0.15) is 47.2 Å². The zero-order valence-corrected chi connectivity index (χ0v) is 17.8. The maximum atomic E-state index is 13.2. The lowest BCUT2D eigenvalue weighted by Gasteiger charge is -2.19. The minimum absolute atomic E-state index is 0.139. The fourth-order valence-corrected chi connectivity index (χ4v) is 3.94. The molecule has 166 valence electrons. The van der Waals surface area contributed by atoms with Gasteiger partial charge in [-0.1, -0.05) is 43.1 Å². The molecule has 0 spiro atoms. The SMILES string of the molecule is CCCCNC(=O)C1CN(C(=O)c2ccc(Cl)cc2)CC1c1cccc(C(F)(F)F)c1. The van der Waals surface area contributed by atoms with Crippen molar-refractivity contribution >= 4 is 23.4 Å². The van der Waals surface area contributed by atoms with E-state index in [2.05, 4.69) is 5.32 Å². The number of alkyl halides is 3. The van der Waals surface area contributed by atoms with Crippen LogP contribution < -0.4 is 5.32 Å². The number of rotatable bonds is 6. The summed E-state index contributed by atoms with van der Waals surface area (Å²) in [6, 6.07) is 11.4. The highest BCUT2D eigenvalue weighted by Crippen LogP contribution is 2.37. The topological polar surface area (TPSA) is 49.4 Å². The molecule has 2 aromatic carbocycles. The fourth-order valence-electron chi connectivity index (χ4n) is 3.81. The first kappa shape index (κ1) is 23.1. The Morgan fingerprint density at radius 3 is 2.48 bits per heavy atom. The maximum Gasteiger partial charge on any atom is 0.416 e. The van der Waals surface area contributed by atoms with Crippen LogP contribution in [0.2, 0.25) is 5.02 Å². The number of amides is 2. The molecule has 1 aliphatic rings. The molecule has 1 aliphatic heterocycles. The van der Waals surface area contributed by atoms with Crippen LogP contribution in [0, 0.1) is 5.92 Å². The number of halogens is 4. The van der Waals surface area contributed by atoms with Gasteiger partial charge in [0.25, 0.3) is 5.91 Å². The summed E-state index contributed by atoms with van der Waals surface area (Å²) >= 11 is 5.89. The summed E-state index contributed by atoms with van der Waals surface area (Å²) < 4.78 is 39.7. The summed E-state index contributed by atoms with van der Waals surface area (Å²) in [7, 11) is 0. The summed E-state index contributed by atoms with van der Waals surface area (Å²) in [5.41, 5.74) is 0.0497. The number of unbranched alkanes of at least 4 members (excludes halogenated alkanes) is 1. The van der Waals surface area contributed by atoms with Gasteiger partial charge in [-0.25, -0.2) is 0 Å². The lowest BCUT2D eigenvalue weighted by molar-refractivity contribution is -0.137. The molecule has 1 heterocycles. The second-order valence-corrected chi connectivity index (χ2v) is 8.13. The Morgan fingerprint density at radius 1 is 1.13 bits per heavy atom. The molecule has 4 nitrogen and oxygen atoms in total. The normalized spacial score (nSPS) is 18.8. The van der Waals surface area contributed by atoms with Crippen LogP contribution in [0.3, 0.4) is 0 Å². The number of hydrogen-bond acceptors (Lipinski definition) is 2. The van der Waals surface area contributed by atoms with Crippen molar-refractivity contribution in [2.45, 2.75) is 31.9 Å². The van der Waals surface area contributed by atoms with Gasteiger partial charge in [-0.05, 0) is 42.3 Å². The Labute approximate surface area is 184 Å². The molecule has 0 aliphatic carbocycles. The minimum Gasteiger partial charge on any atom is -0.356 e. The van der Waals surface area contributed by atoms with E-state index in [1.54, 1.807) is 30.3 Å². The summed E-state index contributed by atoms with van der Waals surface area (Å²) in [6.07, 6.45) is -2.77. The summed E-state index contributed by atoms with van der Waals surface area (Å²) in [4.78, 5) is 27.3. The Balaban J connectivity index is 1.88. The Morgan fingerprint density at radius 2 is 1.84 bits per heavy atom. The third-order valence-corrected chi connectivity index (χ3v) is 5.76. The van der Waals surface area contributed by atoms with Crippen molar-refractivity contribution in [2.75, 3.05) is 19.6 Å². The first-order valence-corrected chi connectivity index (χ1v) is 10.6. The molecule has 1 N–H and O–H groups in total. The van der Waals surface area contributed by atoms with Gasteiger partial charge in [0.05, 0.1) is 11.5 Å². The van der Waals surface area contributed by atoms with Gasteiger partial charge in [0.15, 0.2) is 0 Å². The zero-order chi connectivity index (χ0) is 22.6. The molecule has 2 aromatic rings. The van der Waals surface area contributed by atoms with Crippen molar-refractivity contribution in [3.05, 3.63) is 70.2 Å². The van der Waals surface area contributed by atoms with E-state index >= 15 is 0 Å². The lowest BCUT2D eigenvalue weighted by Crippen LogP contribution is -2.36.